The molecule has 0 unspecified atom stereocenters. The van der Waals surface area contributed by atoms with Crippen molar-refractivity contribution in [2.24, 2.45) is 12.8 Å². The maximum Gasteiger partial charge on any atom is 0.230 e. The van der Waals surface area contributed by atoms with Gasteiger partial charge in [-0.25, -0.2) is 0 Å². The molecule has 7 nitrogen and oxygen atoms in total. The normalized spacial score (nSPS) is 11.5. The van der Waals surface area contributed by atoms with Gasteiger partial charge in [-0.15, -0.1) is 10.2 Å². The number of aryl methyl sites for hydroxylation is 3. The molecule has 0 saturated carbocycles. The van der Waals surface area contributed by atoms with E-state index in [9.17, 15) is 9.59 Å². The van der Waals surface area contributed by atoms with Crippen LogP contribution in [0, 0.1) is 13.8 Å². The molecule has 164 valence electrons. The van der Waals surface area contributed by atoms with Crippen LogP contribution >= 0.6 is 11.8 Å². The van der Waals surface area contributed by atoms with Crippen molar-refractivity contribution in [3.63, 3.8) is 0 Å². The van der Waals surface area contributed by atoms with Crippen LogP contribution in [-0.2, 0) is 34.9 Å². The number of nitrogens with two attached hydrogens (primary N) is 1. The van der Waals surface area contributed by atoms with Crippen LogP contribution in [0.4, 0.5) is 0 Å². The van der Waals surface area contributed by atoms with Gasteiger partial charge in [0.15, 0.2) is 5.16 Å². The predicted molar refractivity (Wildman–Crippen MR) is 121 cm³/mol. The van der Waals surface area contributed by atoms with Crippen LogP contribution in [0.3, 0.4) is 0 Å². The Labute approximate surface area is 183 Å². The second-order valence-electron chi connectivity index (χ2n) is 8.65. The smallest absolute Gasteiger partial charge is 0.230 e. The Bertz CT molecular complexity index is 892. The average molecular weight is 432 g/mol. The molecule has 3 N–H and O–H groups in total. The van der Waals surface area contributed by atoms with Crippen molar-refractivity contribution in [1.82, 2.24) is 20.1 Å². The second-order valence-corrected chi connectivity index (χ2v) is 9.59. The highest BCUT2D eigenvalue weighted by Gasteiger charge is 2.16. The largest absolute Gasteiger partial charge is 0.370 e. The summed E-state index contributed by atoms with van der Waals surface area (Å²) in [6.07, 6.45) is 1.48. The third kappa shape index (κ3) is 6.58. The minimum Gasteiger partial charge on any atom is -0.370 e. The molecule has 8 heteroatoms. The molecule has 1 heterocycles. The van der Waals surface area contributed by atoms with E-state index in [1.54, 1.807) is 4.57 Å². The molecule has 30 heavy (non-hydrogen) atoms. The lowest BCUT2D eigenvalue weighted by Gasteiger charge is -2.22. The molecule has 2 amide bonds. The lowest BCUT2D eigenvalue weighted by Crippen LogP contribution is -2.27. The van der Waals surface area contributed by atoms with Gasteiger partial charge in [-0.05, 0) is 47.9 Å². The molecule has 0 aliphatic carbocycles. The van der Waals surface area contributed by atoms with Crippen molar-refractivity contribution in [3.05, 3.63) is 40.2 Å². The minimum atomic E-state index is -0.370. The Balaban J connectivity index is 1.84. The van der Waals surface area contributed by atoms with Crippen LogP contribution in [0.1, 0.15) is 55.3 Å². The summed E-state index contributed by atoms with van der Waals surface area (Å²) < 4.78 is 1.80. The Hall–Kier alpha value is -2.35. The molecule has 0 atom stereocenters. The van der Waals surface area contributed by atoms with Crippen LogP contribution in [0.25, 0.3) is 0 Å². The molecule has 0 saturated heterocycles. The van der Waals surface area contributed by atoms with Gasteiger partial charge < -0.3 is 15.6 Å². The van der Waals surface area contributed by atoms with Crippen LogP contribution in [0.2, 0.25) is 0 Å². The molecule has 0 fully saturated rings. The first-order valence-electron chi connectivity index (χ1n) is 10.2. The Morgan fingerprint density at radius 1 is 1.13 bits per heavy atom. The van der Waals surface area contributed by atoms with Crippen LogP contribution < -0.4 is 11.1 Å². The average Bonchev–Trinajstić information content (AvgIpc) is 2.99. The quantitative estimate of drug-likeness (QED) is 0.594. The number of rotatable bonds is 9. The van der Waals surface area contributed by atoms with Gasteiger partial charge in [0.25, 0.3) is 0 Å². The summed E-state index contributed by atoms with van der Waals surface area (Å²) in [5.41, 5.74) is 10.5. The van der Waals surface area contributed by atoms with E-state index in [-0.39, 0.29) is 29.4 Å². The summed E-state index contributed by atoms with van der Waals surface area (Å²) in [6, 6.07) is 4.51. The fourth-order valence-electron chi connectivity index (χ4n) is 3.25. The summed E-state index contributed by atoms with van der Waals surface area (Å²) in [7, 11) is 1.82. The maximum atomic E-state index is 12.2. The first-order valence-corrected chi connectivity index (χ1v) is 11.1. The zero-order valence-electron chi connectivity index (χ0n) is 18.8. The first-order chi connectivity index (χ1) is 14.0. The van der Waals surface area contributed by atoms with E-state index in [1.165, 1.54) is 34.0 Å². The molecule has 2 aromatic rings. The Kier molecular flexibility index (Phi) is 8.06. The van der Waals surface area contributed by atoms with Crippen LogP contribution in [0.15, 0.2) is 17.3 Å². The lowest BCUT2D eigenvalue weighted by atomic mass is 9.83. The van der Waals surface area contributed by atoms with Gasteiger partial charge in [-0.1, -0.05) is 44.7 Å². The zero-order chi connectivity index (χ0) is 22.5. The van der Waals surface area contributed by atoms with Crippen molar-refractivity contribution in [2.75, 3.05) is 12.3 Å². The summed E-state index contributed by atoms with van der Waals surface area (Å²) in [4.78, 5) is 23.2. The highest BCUT2D eigenvalue weighted by atomic mass is 32.2. The fourth-order valence-corrected chi connectivity index (χ4v) is 4.01. The monoisotopic (exact) mass is 431 g/mol. The predicted octanol–water partition coefficient (Wildman–Crippen LogP) is 2.60. The van der Waals surface area contributed by atoms with Crippen molar-refractivity contribution in [1.29, 1.82) is 0 Å². The molecule has 0 bridgehead atoms. The molecule has 1 aromatic heterocycles. The van der Waals surface area contributed by atoms with E-state index in [2.05, 4.69) is 62.3 Å². The molecule has 0 aliphatic heterocycles. The number of carbonyl (C=O) groups is 2. The van der Waals surface area contributed by atoms with E-state index in [4.69, 9.17) is 5.73 Å². The fraction of sp³-hybridized carbons (Fsp3) is 0.545. The molecule has 0 radical (unpaired) electrons. The summed E-state index contributed by atoms with van der Waals surface area (Å²) in [5, 5.41) is 11.8. The third-order valence-electron chi connectivity index (χ3n) is 5.11. The molecule has 0 aliphatic rings. The number of benzene rings is 1. The number of carbonyl (C=O) groups excluding carboxylic acids is 2. The van der Waals surface area contributed by atoms with Crippen molar-refractivity contribution >= 4 is 23.6 Å². The lowest BCUT2D eigenvalue weighted by molar-refractivity contribution is -0.119. The van der Waals surface area contributed by atoms with E-state index in [0.29, 0.717) is 23.9 Å². The number of primary amides is 1. The number of hydrogen-bond acceptors (Lipinski definition) is 5. The van der Waals surface area contributed by atoms with Gasteiger partial charge >= 0.3 is 0 Å². The Morgan fingerprint density at radius 2 is 1.77 bits per heavy atom. The van der Waals surface area contributed by atoms with Gasteiger partial charge in [0.2, 0.25) is 11.8 Å². The standard InChI is InChI=1S/C22H33N5O2S/c1-14-11-16(22(3,4)5)12-15(2)17(14)9-10-24-20(29)13-30-21-26-25-19(27(21)6)8-7-18(23)28/h11-12H,7-10,13H2,1-6H3,(H2,23,28)(H,24,29). The molecular formula is C22H33N5O2S. The van der Waals surface area contributed by atoms with Crippen LogP contribution in [-0.4, -0.2) is 38.9 Å². The SMILES string of the molecule is Cc1cc(C(C)(C)C)cc(C)c1CCNC(=O)CSc1nnc(CCC(N)=O)n1C. The van der Waals surface area contributed by atoms with Gasteiger partial charge in [-0.3, -0.25) is 9.59 Å². The van der Waals surface area contributed by atoms with E-state index >= 15 is 0 Å². The summed E-state index contributed by atoms with van der Waals surface area (Å²) in [5.74, 6) is 0.540. The van der Waals surface area contributed by atoms with E-state index in [0.717, 1.165) is 6.42 Å². The topological polar surface area (TPSA) is 103 Å². The van der Waals surface area contributed by atoms with E-state index in [1.807, 2.05) is 7.05 Å². The number of thioether (sulfide) groups is 1. The van der Waals surface area contributed by atoms with Crippen LogP contribution in [0.5, 0.6) is 0 Å². The van der Waals surface area contributed by atoms with E-state index < -0.39 is 0 Å². The van der Waals surface area contributed by atoms with Gasteiger partial charge in [-0.2, -0.15) is 0 Å². The highest BCUT2D eigenvalue weighted by Crippen LogP contribution is 2.27. The second kappa shape index (κ2) is 10.1. The highest BCUT2D eigenvalue weighted by molar-refractivity contribution is 7.99. The first kappa shape index (κ1) is 23.9. The van der Waals surface area contributed by atoms with Gasteiger partial charge in [0.1, 0.15) is 5.82 Å². The number of amides is 2. The summed E-state index contributed by atoms with van der Waals surface area (Å²) >= 11 is 1.33. The zero-order valence-corrected chi connectivity index (χ0v) is 19.7. The molecule has 2 rings (SSSR count). The molecule has 0 spiro atoms. The van der Waals surface area contributed by atoms with Crippen molar-refractivity contribution in [3.8, 4) is 0 Å². The summed E-state index contributed by atoms with van der Waals surface area (Å²) in [6.45, 7) is 11.5. The molecule has 1 aromatic carbocycles. The Morgan fingerprint density at radius 3 is 2.33 bits per heavy atom. The number of hydrogen-bond donors (Lipinski definition) is 2. The maximum absolute atomic E-state index is 12.2. The minimum absolute atomic E-state index is 0.0386. The molecular weight excluding hydrogens is 398 g/mol. The van der Waals surface area contributed by atoms with Crippen molar-refractivity contribution in [2.45, 2.75) is 64.5 Å². The van der Waals surface area contributed by atoms with Gasteiger partial charge in [0, 0.05) is 26.4 Å². The number of nitrogens with zero attached hydrogens (tertiary/aromatic N) is 3. The number of nitrogens with one attached hydrogen (secondary N) is 1. The van der Waals surface area contributed by atoms with Crippen molar-refractivity contribution < 1.29 is 9.59 Å². The number of aromatic nitrogens is 3. The van der Waals surface area contributed by atoms with Gasteiger partial charge in [0.05, 0.1) is 5.75 Å². The third-order valence-corrected chi connectivity index (χ3v) is 6.13.